The van der Waals surface area contributed by atoms with Crippen molar-refractivity contribution in [3.8, 4) is 6.07 Å². The Labute approximate surface area is 151 Å². The number of carbonyl (C=O) groups is 1. The van der Waals surface area contributed by atoms with Gasteiger partial charge in [0.1, 0.15) is 17.2 Å². The van der Waals surface area contributed by atoms with Gasteiger partial charge in [0.15, 0.2) is 5.58 Å². The van der Waals surface area contributed by atoms with Gasteiger partial charge < -0.3 is 14.8 Å². The molecule has 2 aromatic carbocycles. The summed E-state index contributed by atoms with van der Waals surface area (Å²) in [7, 11) is 0. The van der Waals surface area contributed by atoms with Gasteiger partial charge in [0, 0.05) is 16.9 Å². The van der Waals surface area contributed by atoms with E-state index in [9.17, 15) is 10.1 Å². The van der Waals surface area contributed by atoms with Gasteiger partial charge in [-0.15, -0.1) is 0 Å². The number of carboxylic acid groups (broad SMARTS) is 1. The molecule has 1 aromatic heterocycles. The molecule has 0 radical (unpaired) electrons. The Balaban J connectivity index is 1.91. The van der Waals surface area contributed by atoms with Gasteiger partial charge in [-0.05, 0) is 36.4 Å². The number of nitrogens with one attached hydrogen (secondary N) is 1. The summed E-state index contributed by atoms with van der Waals surface area (Å²) in [6, 6.07) is 11.3. The van der Waals surface area contributed by atoms with Gasteiger partial charge in [0.2, 0.25) is 5.89 Å². The molecule has 0 unspecified atom stereocenters. The minimum atomic E-state index is -1.14. The van der Waals surface area contributed by atoms with E-state index >= 15 is 0 Å². The molecule has 25 heavy (non-hydrogen) atoms. The Morgan fingerprint density at radius 3 is 2.80 bits per heavy atom. The van der Waals surface area contributed by atoms with Gasteiger partial charge >= 0.3 is 5.97 Å². The van der Waals surface area contributed by atoms with Crippen LogP contribution in [0, 0.1) is 11.3 Å². The predicted octanol–water partition coefficient (Wildman–Crippen LogP) is 4.81. The number of allylic oxidation sites excluding steroid dienone is 1. The van der Waals surface area contributed by atoms with Crippen molar-refractivity contribution in [3.05, 3.63) is 64.1 Å². The number of anilines is 1. The Bertz CT molecular complexity index is 1050. The number of carboxylic acids is 1. The third-order valence-electron chi connectivity index (χ3n) is 3.28. The van der Waals surface area contributed by atoms with E-state index < -0.39 is 5.97 Å². The lowest BCUT2D eigenvalue weighted by atomic mass is 10.2. The molecule has 0 bridgehead atoms. The van der Waals surface area contributed by atoms with Crippen molar-refractivity contribution in [2.75, 3.05) is 5.32 Å². The van der Waals surface area contributed by atoms with E-state index in [1.54, 1.807) is 24.3 Å². The molecule has 3 rings (SSSR count). The number of aromatic carboxylic acids is 1. The van der Waals surface area contributed by atoms with Gasteiger partial charge in [-0.2, -0.15) is 5.26 Å². The maximum absolute atomic E-state index is 11.1. The Morgan fingerprint density at radius 2 is 2.08 bits per heavy atom. The number of nitrogens with zero attached hydrogens (tertiary/aromatic N) is 2. The van der Waals surface area contributed by atoms with Crippen LogP contribution in [-0.2, 0) is 0 Å². The van der Waals surface area contributed by atoms with Crippen LogP contribution in [0.1, 0.15) is 16.2 Å². The van der Waals surface area contributed by atoms with Crippen LogP contribution in [0.4, 0.5) is 5.69 Å². The topological polar surface area (TPSA) is 99.2 Å². The monoisotopic (exact) mass is 373 g/mol. The van der Waals surface area contributed by atoms with Crippen LogP contribution in [0.3, 0.4) is 0 Å². The number of hydrogen-bond acceptors (Lipinski definition) is 5. The second-order valence-electron chi connectivity index (χ2n) is 4.94. The summed E-state index contributed by atoms with van der Waals surface area (Å²) < 4.78 is 5.53. The lowest BCUT2D eigenvalue weighted by molar-refractivity contribution is 0.0697. The molecule has 0 saturated heterocycles. The number of fused-ring (bicyclic) bond motifs is 1. The van der Waals surface area contributed by atoms with Crippen LogP contribution in [0.5, 0.6) is 0 Å². The second kappa shape index (κ2) is 6.85. The average molecular weight is 374 g/mol. The van der Waals surface area contributed by atoms with E-state index in [-0.39, 0.29) is 22.0 Å². The van der Waals surface area contributed by atoms with Crippen molar-refractivity contribution in [2.45, 2.75) is 0 Å². The fraction of sp³-hybridized carbons (Fsp3) is 0. The number of oxazole rings is 1. The molecule has 0 atom stereocenters. The maximum Gasteiger partial charge on any atom is 0.337 e. The SMILES string of the molecule is N#C/C(=C\Nc1ccc(Cl)c(C(=O)O)c1)c1nc2cc(Cl)ccc2o1. The number of nitriles is 1. The molecule has 3 aromatic rings. The molecular formula is C17H9Cl2N3O3. The van der Waals surface area contributed by atoms with Crippen molar-refractivity contribution >= 4 is 51.5 Å². The maximum atomic E-state index is 11.1. The van der Waals surface area contributed by atoms with Crippen LogP contribution in [0.15, 0.2) is 47.0 Å². The molecule has 6 nitrogen and oxygen atoms in total. The molecule has 8 heteroatoms. The average Bonchev–Trinajstić information content (AvgIpc) is 2.99. The zero-order valence-corrected chi connectivity index (χ0v) is 14.0. The van der Waals surface area contributed by atoms with Crippen LogP contribution in [0.25, 0.3) is 16.7 Å². The van der Waals surface area contributed by atoms with E-state index in [0.717, 1.165) is 0 Å². The highest BCUT2D eigenvalue weighted by atomic mass is 35.5. The van der Waals surface area contributed by atoms with E-state index in [1.165, 1.54) is 18.3 Å². The molecule has 0 saturated carbocycles. The normalized spacial score (nSPS) is 11.3. The highest BCUT2D eigenvalue weighted by Crippen LogP contribution is 2.24. The second-order valence-corrected chi connectivity index (χ2v) is 5.79. The smallest absolute Gasteiger partial charge is 0.337 e. The van der Waals surface area contributed by atoms with E-state index in [2.05, 4.69) is 10.3 Å². The van der Waals surface area contributed by atoms with E-state index in [4.69, 9.17) is 32.7 Å². The minimum absolute atomic E-state index is 0.0462. The van der Waals surface area contributed by atoms with Crippen molar-refractivity contribution in [2.24, 2.45) is 0 Å². The fourth-order valence-corrected chi connectivity index (χ4v) is 2.46. The van der Waals surface area contributed by atoms with Gasteiger partial charge in [-0.25, -0.2) is 9.78 Å². The van der Waals surface area contributed by atoms with Gasteiger partial charge in [-0.1, -0.05) is 23.2 Å². The largest absolute Gasteiger partial charge is 0.478 e. The Kier molecular flexibility index (Phi) is 4.61. The first kappa shape index (κ1) is 16.8. The Morgan fingerprint density at radius 1 is 1.28 bits per heavy atom. The number of rotatable bonds is 4. The van der Waals surface area contributed by atoms with Crippen LogP contribution in [0.2, 0.25) is 10.0 Å². The van der Waals surface area contributed by atoms with Crippen molar-refractivity contribution in [1.29, 1.82) is 5.26 Å². The summed E-state index contributed by atoms with van der Waals surface area (Å²) in [5.41, 5.74) is 1.58. The predicted molar refractivity (Wildman–Crippen MR) is 94.6 cm³/mol. The zero-order valence-electron chi connectivity index (χ0n) is 12.5. The summed E-state index contributed by atoms with van der Waals surface area (Å²) in [5, 5.41) is 21.9. The van der Waals surface area contributed by atoms with Crippen molar-refractivity contribution in [1.82, 2.24) is 4.98 Å². The van der Waals surface area contributed by atoms with Crippen molar-refractivity contribution in [3.63, 3.8) is 0 Å². The molecule has 0 fully saturated rings. The van der Waals surface area contributed by atoms with Crippen LogP contribution < -0.4 is 5.32 Å². The molecular weight excluding hydrogens is 365 g/mol. The quantitative estimate of drug-likeness (QED) is 0.636. The first-order valence-electron chi connectivity index (χ1n) is 6.94. The van der Waals surface area contributed by atoms with Gasteiger partial charge in [0.25, 0.3) is 0 Å². The molecule has 0 aliphatic rings. The van der Waals surface area contributed by atoms with E-state index in [0.29, 0.717) is 21.8 Å². The molecule has 0 spiro atoms. The first-order chi connectivity index (χ1) is 12.0. The molecule has 0 amide bonds. The van der Waals surface area contributed by atoms with Crippen molar-refractivity contribution < 1.29 is 14.3 Å². The standard InChI is InChI=1S/C17H9Cl2N3O3/c18-10-1-4-15-14(5-10)22-16(25-15)9(7-20)8-21-11-2-3-13(19)12(6-11)17(23)24/h1-6,8,21H,(H,23,24)/b9-8+. The first-order valence-corrected chi connectivity index (χ1v) is 7.69. The highest BCUT2D eigenvalue weighted by molar-refractivity contribution is 6.33. The Hall–Kier alpha value is -3.01. The summed E-state index contributed by atoms with van der Waals surface area (Å²) in [4.78, 5) is 15.3. The lowest BCUT2D eigenvalue weighted by Crippen LogP contribution is -1.99. The molecule has 1 heterocycles. The summed E-state index contributed by atoms with van der Waals surface area (Å²) >= 11 is 11.7. The minimum Gasteiger partial charge on any atom is -0.478 e. The van der Waals surface area contributed by atoms with Crippen LogP contribution >= 0.6 is 23.2 Å². The number of halogens is 2. The van der Waals surface area contributed by atoms with Gasteiger partial charge in [-0.3, -0.25) is 0 Å². The lowest BCUT2D eigenvalue weighted by Gasteiger charge is -2.04. The molecule has 0 aliphatic carbocycles. The van der Waals surface area contributed by atoms with E-state index in [1.807, 2.05) is 6.07 Å². The van der Waals surface area contributed by atoms with Crippen LogP contribution in [-0.4, -0.2) is 16.1 Å². The molecule has 124 valence electrons. The number of hydrogen-bond donors (Lipinski definition) is 2. The fourth-order valence-electron chi connectivity index (χ4n) is 2.09. The highest BCUT2D eigenvalue weighted by Gasteiger charge is 2.12. The summed E-state index contributed by atoms with van der Waals surface area (Å²) in [6.45, 7) is 0. The third-order valence-corrected chi connectivity index (χ3v) is 3.85. The zero-order chi connectivity index (χ0) is 18.0. The number of aromatic nitrogens is 1. The summed E-state index contributed by atoms with van der Waals surface area (Å²) in [5.74, 6) is -1.02. The third kappa shape index (κ3) is 3.58. The molecule has 2 N–H and O–H groups in total. The molecule has 0 aliphatic heterocycles. The summed E-state index contributed by atoms with van der Waals surface area (Å²) in [6.07, 6.45) is 1.38. The van der Waals surface area contributed by atoms with Gasteiger partial charge in [0.05, 0.1) is 10.6 Å². The number of benzene rings is 2.